The number of anilines is 3. The monoisotopic (exact) mass is 620 g/mol. The molecule has 16 heteroatoms. The average molecular weight is 621 g/mol. The molecule has 0 radical (unpaired) electrons. The van der Waals surface area contributed by atoms with Crippen LogP contribution >= 0.6 is 11.6 Å². The third-order valence-corrected chi connectivity index (χ3v) is 6.50. The molecule has 0 spiro atoms. The first-order valence-electron chi connectivity index (χ1n) is 12.9. The van der Waals surface area contributed by atoms with Crippen LogP contribution in [-0.4, -0.2) is 57.5 Å². The maximum absolute atomic E-state index is 12.8. The summed E-state index contributed by atoms with van der Waals surface area (Å²) in [6, 6.07) is 12.7. The second kappa shape index (κ2) is 12.3. The van der Waals surface area contributed by atoms with E-state index in [1.807, 2.05) is 12.1 Å². The number of benzene rings is 2. The van der Waals surface area contributed by atoms with E-state index in [1.54, 1.807) is 26.0 Å². The summed E-state index contributed by atoms with van der Waals surface area (Å²) in [6.45, 7) is 1.62. The number of ether oxygens (including phenoxy) is 1. The Morgan fingerprint density at radius 3 is 2.19 bits per heavy atom. The second-order valence-corrected chi connectivity index (χ2v) is 10.9. The lowest BCUT2D eigenvalue weighted by Gasteiger charge is -2.25. The Bertz CT molecular complexity index is 1500. The van der Waals surface area contributed by atoms with Gasteiger partial charge in [0.1, 0.15) is 0 Å². The lowest BCUT2D eigenvalue weighted by Crippen LogP contribution is -2.54. The van der Waals surface area contributed by atoms with E-state index in [4.69, 9.17) is 22.1 Å². The summed E-state index contributed by atoms with van der Waals surface area (Å²) >= 11 is 6.00. The highest BCUT2D eigenvalue weighted by Gasteiger charge is 2.45. The number of hydrogen-bond donors (Lipinski definition) is 5. The van der Waals surface area contributed by atoms with Crippen LogP contribution in [0.4, 0.5) is 30.8 Å². The molecule has 0 unspecified atom stereocenters. The van der Waals surface area contributed by atoms with Crippen LogP contribution in [0.5, 0.6) is 6.01 Å². The Morgan fingerprint density at radius 2 is 1.60 bits per heavy atom. The number of nitrogens with zero attached hydrogens (tertiary/aromatic N) is 3. The number of alkyl halides is 3. The molecule has 2 aromatic carbocycles. The van der Waals surface area contributed by atoms with Gasteiger partial charge in [-0.3, -0.25) is 14.4 Å². The minimum Gasteiger partial charge on any atom is -0.454 e. The summed E-state index contributed by atoms with van der Waals surface area (Å²) in [7, 11) is 0. The van der Waals surface area contributed by atoms with Crippen molar-refractivity contribution in [2.45, 2.75) is 43.9 Å². The maximum atomic E-state index is 12.8. The first kappa shape index (κ1) is 31.3. The van der Waals surface area contributed by atoms with Gasteiger partial charge < -0.3 is 31.7 Å². The molecule has 1 saturated carbocycles. The quantitative estimate of drug-likeness (QED) is 0.201. The molecule has 0 saturated heterocycles. The first-order valence-corrected chi connectivity index (χ1v) is 13.3. The fourth-order valence-corrected chi connectivity index (χ4v) is 4.05. The van der Waals surface area contributed by atoms with Crippen LogP contribution in [0.25, 0.3) is 0 Å². The van der Waals surface area contributed by atoms with Gasteiger partial charge in [0.2, 0.25) is 11.9 Å². The van der Waals surface area contributed by atoms with E-state index in [0.29, 0.717) is 10.7 Å². The smallest absolute Gasteiger partial charge is 0.422 e. The predicted octanol–water partition coefficient (Wildman–Crippen LogP) is 3.42. The number of carbonyl (C=O) groups is 3. The van der Waals surface area contributed by atoms with Crippen LogP contribution in [-0.2, 0) is 15.1 Å². The summed E-state index contributed by atoms with van der Waals surface area (Å²) in [5, 5.41) is 11.7. The van der Waals surface area contributed by atoms with Gasteiger partial charge in [-0.1, -0.05) is 23.7 Å². The van der Waals surface area contributed by atoms with Crippen LogP contribution < -0.4 is 31.7 Å². The minimum atomic E-state index is -4.60. The van der Waals surface area contributed by atoms with Gasteiger partial charge in [0.15, 0.2) is 6.61 Å². The molecule has 6 N–H and O–H groups in total. The van der Waals surface area contributed by atoms with Crippen LogP contribution in [0, 0.1) is 0 Å². The molecule has 228 valence electrons. The van der Waals surface area contributed by atoms with Crippen molar-refractivity contribution in [2.24, 2.45) is 5.73 Å². The van der Waals surface area contributed by atoms with Gasteiger partial charge in [0.25, 0.3) is 5.91 Å². The molecule has 1 aliphatic carbocycles. The molecular weight excluding hydrogens is 593 g/mol. The van der Waals surface area contributed by atoms with E-state index in [0.717, 1.165) is 18.4 Å². The molecule has 1 aliphatic rings. The van der Waals surface area contributed by atoms with Crippen LogP contribution in [0.2, 0.25) is 5.02 Å². The van der Waals surface area contributed by atoms with Gasteiger partial charge in [-0.25, -0.2) is 0 Å². The molecule has 12 nitrogen and oxygen atoms in total. The third kappa shape index (κ3) is 8.91. The maximum Gasteiger partial charge on any atom is 0.422 e. The van der Waals surface area contributed by atoms with Gasteiger partial charge in [-0.05, 0) is 68.7 Å². The highest BCUT2D eigenvalue weighted by atomic mass is 35.5. The molecule has 4 rings (SSSR count). The van der Waals surface area contributed by atoms with Crippen molar-refractivity contribution in [2.75, 3.05) is 23.8 Å². The zero-order valence-corrected chi connectivity index (χ0v) is 23.8. The summed E-state index contributed by atoms with van der Waals surface area (Å²) < 4.78 is 43.3. The largest absolute Gasteiger partial charge is 0.454 e. The summed E-state index contributed by atoms with van der Waals surface area (Å²) in [4.78, 5) is 47.4. The van der Waals surface area contributed by atoms with Gasteiger partial charge >= 0.3 is 24.0 Å². The average Bonchev–Trinajstić information content (AvgIpc) is 3.71. The molecule has 0 atom stereocenters. The third-order valence-electron chi connectivity index (χ3n) is 6.25. The minimum absolute atomic E-state index is 0.00367. The summed E-state index contributed by atoms with van der Waals surface area (Å²) in [6.07, 6.45) is -3.13. The number of carbonyl (C=O) groups excluding carboxylic acids is 3. The number of aromatic nitrogens is 3. The Hall–Kier alpha value is -4.66. The second-order valence-electron chi connectivity index (χ2n) is 10.5. The van der Waals surface area contributed by atoms with Crippen molar-refractivity contribution in [1.29, 1.82) is 0 Å². The van der Waals surface area contributed by atoms with E-state index in [2.05, 4.69) is 36.2 Å². The molecular formula is C27H28ClF3N8O4. The van der Waals surface area contributed by atoms with Crippen LogP contribution in [0.3, 0.4) is 0 Å². The van der Waals surface area contributed by atoms with E-state index in [9.17, 15) is 27.6 Å². The first-order chi connectivity index (χ1) is 20.1. The van der Waals surface area contributed by atoms with Gasteiger partial charge in [-0.2, -0.15) is 28.1 Å². The van der Waals surface area contributed by atoms with Crippen molar-refractivity contribution in [3.8, 4) is 6.01 Å². The number of nitrogens with two attached hydrogens (primary N) is 1. The van der Waals surface area contributed by atoms with Crippen molar-refractivity contribution in [3.05, 3.63) is 64.7 Å². The fraction of sp³-hybridized carbons (Fsp3) is 0.333. The molecule has 43 heavy (non-hydrogen) atoms. The van der Waals surface area contributed by atoms with Crippen molar-refractivity contribution < 1.29 is 32.3 Å². The standard InChI is InChI=1S/C27H28ClF3N8O4/c1-25(2,38-21(42)19(32)40)13-33-20(41)15-3-9-18(10-4-15)34-22-35-23(37-24(36-22)43-14-27(29,30)31)39-26(11-12-26)16-5-7-17(28)8-6-16/h3-10H,11-14H2,1-2H3,(H2,32,40)(H,33,41)(H,38,42)(H2,34,35,36,37,39). The number of amides is 3. The molecule has 3 aromatic rings. The predicted molar refractivity (Wildman–Crippen MR) is 151 cm³/mol. The normalized spacial score (nSPS) is 13.9. The van der Waals surface area contributed by atoms with E-state index >= 15 is 0 Å². The SMILES string of the molecule is CC(C)(CNC(=O)c1ccc(Nc2nc(NC3(c4ccc(Cl)cc4)CC3)nc(OCC(F)(F)F)n2)cc1)NC(=O)C(N)=O. The summed E-state index contributed by atoms with van der Waals surface area (Å²) in [5.41, 5.74) is 5.09. The Kier molecular flexibility index (Phi) is 8.94. The van der Waals surface area contributed by atoms with Gasteiger partial charge in [0.05, 0.1) is 11.1 Å². The molecule has 1 heterocycles. The van der Waals surface area contributed by atoms with Crippen molar-refractivity contribution in [3.63, 3.8) is 0 Å². The van der Waals surface area contributed by atoms with Crippen molar-refractivity contribution in [1.82, 2.24) is 25.6 Å². The highest BCUT2D eigenvalue weighted by molar-refractivity contribution is 6.34. The number of nitrogens with one attached hydrogen (secondary N) is 4. The zero-order valence-electron chi connectivity index (χ0n) is 23.0. The Morgan fingerprint density at radius 1 is 0.977 bits per heavy atom. The molecule has 1 fully saturated rings. The highest BCUT2D eigenvalue weighted by Crippen LogP contribution is 2.48. The van der Waals surface area contributed by atoms with E-state index < -0.39 is 47.6 Å². The number of primary amides is 1. The number of hydrogen-bond acceptors (Lipinski definition) is 9. The Labute approximate surface area is 249 Å². The lowest BCUT2D eigenvalue weighted by molar-refractivity contribution is -0.154. The number of rotatable bonds is 11. The van der Waals surface area contributed by atoms with Crippen LogP contribution in [0.1, 0.15) is 42.6 Å². The van der Waals surface area contributed by atoms with Crippen LogP contribution in [0.15, 0.2) is 48.5 Å². The molecule has 3 amide bonds. The Balaban J connectivity index is 1.46. The zero-order chi connectivity index (χ0) is 31.4. The fourth-order valence-electron chi connectivity index (χ4n) is 3.92. The topological polar surface area (TPSA) is 173 Å². The summed E-state index contributed by atoms with van der Waals surface area (Å²) in [5.74, 6) is -2.67. The number of halogens is 4. The molecule has 0 bridgehead atoms. The van der Waals surface area contributed by atoms with E-state index in [-0.39, 0.29) is 24.0 Å². The van der Waals surface area contributed by atoms with E-state index in [1.165, 1.54) is 24.3 Å². The van der Waals surface area contributed by atoms with Gasteiger partial charge in [0, 0.05) is 22.8 Å². The molecule has 1 aromatic heterocycles. The molecule has 0 aliphatic heterocycles. The van der Waals surface area contributed by atoms with Crippen molar-refractivity contribution >= 4 is 46.9 Å². The lowest BCUT2D eigenvalue weighted by atomic mass is 10.1. The van der Waals surface area contributed by atoms with Gasteiger partial charge in [-0.15, -0.1) is 0 Å².